The van der Waals surface area contributed by atoms with Gasteiger partial charge in [0.25, 0.3) is 0 Å². The number of hydrogen-bond donors (Lipinski definition) is 0. The third kappa shape index (κ3) is 3.91. The summed E-state index contributed by atoms with van der Waals surface area (Å²) >= 11 is 0. The maximum Gasteiger partial charge on any atom is 0.0965 e. The first-order valence-electron chi connectivity index (χ1n) is 13.0. The molecule has 7 aromatic rings. The molecule has 0 amide bonds. The Balaban J connectivity index is 1.38. The number of nitrogens with zero attached hydrogens (tertiary/aromatic N) is 2. The fourth-order valence-electron chi connectivity index (χ4n) is 5.58. The highest BCUT2D eigenvalue weighted by atomic mass is 14.7. The molecule has 0 saturated carbocycles. The lowest BCUT2D eigenvalue weighted by Crippen LogP contribution is -1.91. The first-order valence-corrected chi connectivity index (χ1v) is 13.0. The van der Waals surface area contributed by atoms with Crippen molar-refractivity contribution in [3.8, 4) is 33.4 Å². The molecule has 2 heteroatoms. The summed E-state index contributed by atoms with van der Waals surface area (Å²) in [6.45, 7) is 4.28. The molecule has 0 bridgehead atoms. The minimum atomic E-state index is 0.931. The fourth-order valence-corrected chi connectivity index (χ4v) is 5.58. The number of fused-ring (bicyclic) bond motifs is 4. The van der Waals surface area contributed by atoms with Gasteiger partial charge in [0, 0.05) is 34.3 Å². The highest BCUT2D eigenvalue weighted by molar-refractivity contribution is 6.05. The van der Waals surface area contributed by atoms with E-state index in [-0.39, 0.29) is 0 Å². The van der Waals surface area contributed by atoms with Crippen molar-refractivity contribution in [1.29, 1.82) is 0 Å². The summed E-state index contributed by atoms with van der Waals surface area (Å²) in [5.74, 6) is 0. The van der Waals surface area contributed by atoms with Crippen molar-refractivity contribution in [3.05, 3.63) is 133 Å². The van der Waals surface area contributed by atoms with Gasteiger partial charge in [-0.25, -0.2) is 0 Å². The maximum atomic E-state index is 4.97. The van der Waals surface area contributed by atoms with Crippen molar-refractivity contribution in [2.24, 2.45) is 0 Å². The van der Waals surface area contributed by atoms with Gasteiger partial charge in [-0.15, -0.1) is 0 Å². The van der Waals surface area contributed by atoms with Crippen LogP contribution in [0, 0.1) is 13.8 Å². The van der Waals surface area contributed by atoms with Gasteiger partial charge in [-0.05, 0) is 71.1 Å². The SMILES string of the molecule is Cc1cc(C)cc(-c2cnc3c(ccc4cc(-c5cc6ccccc6cc5-c5ccccc5)cnc43)c2)c1. The van der Waals surface area contributed by atoms with Crippen LogP contribution in [-0.4, -0.2) is 9.97 Å². The summed E-state index contributed by atoms with van der Waals surface area (Å²) in [7, 11) is 0. The van der Waals surface area contributed by atoms with Gasteiger partial charge in [0.15, 0.2) is 0 Å². The third-order valence-electron chi connectivity index (χ3n) is 7.34. The van der Waals surface area contributed by atoms with E-state index in [2.05, 4.69) is 123 Å². The zero-order valence-electron chi connectivity index (χ0n) is 21.4. The van der Waals surface area contributed by atoms with Crippen molar-refractivity contribution >= 4 is 32.6 Å². The van der Waals surface area contributed by atoms with Gasteiger partial charge in [0.2, 0.25) is 0 Å². The topological polar surface area (TPSA) is 25.8 Å². The molecule has 180 valence electrons. The Morgan fingerprint density at radius 2 is 0.921 bits per heavy atom. The quantitative estimate of drug-likeness (QED) is 0.232. The minimum Gasteiger partial charge on any atom is -0.253 e. The van der Waals surface area contributed by atoms with Gasteiger partial charge in [-0.1, -0.05) is 96.1 Å². The molecule has 2 nitrogen and oxygen atoms in total. The highest BCUT2D eigenvalue weighted by Crippen LogP contribution is 2.37. The Hall–Kier alpha value is -4.82. The van der Waals surface area contributed by atoms with E-state index in [4.69, 9.17) is 9.97 Å². The van der Waals surface area contributed by atoms with E-state index < -0.39 is 0 Å². The molecule has 2 heterocycles. The van der Waals surface area contributed by atoms with Crippen molar-refractivity contribution < 1.29 is 0 Å². The molecule has 2 aromatic heterocycles. The van der Waals surface area contributed by atoms with Crippen molar-refractivity contribution in [1.82, 2.24) is 9.97 Å². The molecule has 0 atom stereocenters. The van der Waals surface area contributed by atoms with E-state index in [1.54, 1.807) is 0 Å². The van der Waals surface area contributed by atoms with E-state index in [1.165, 1.54) is 44.2 Å². The largest absolute Gasteiger partial charge is 0.253 e. The van der Waals surface area contributed by atoms with E-state index in [0.717, 1.165) is 32.9 Å². The van der Waals surface area contributed by atoms with Crippen molar-refractivity contribution in [2.75, 3.05) is 0 Å². The van der Waals surface area contributed by atoms with Crippen LogP contribution in [0.3, 0.4) is 0 Å². The zero-order chi connectivity index (χ0) is 25.6. The van der Waals surface area contributed by atoms with Gasteiger partial charge in [0.05, 0.1) is 11.0 Å². The molecule has 0 aliphatic carbocycles. The predicted octanol–water partition coefficient (Wildman–Crippen LogP) is 9.55. The van der Waals surface area contributed by atoms with Crippen LogP contribution in [0.5, 0.6) is 0 Å². The lowest BCUT2D eigenvalue weighted by atomic mass is 9.91. The summed E-state index contributed by atoms with van der Waals surface area (Å²) in [6.07, 6.45) is 3.97. The second kappa shape index (κ2) is 8.93. The van der Waals surface area contributed by atoms with E-state index >= 15 is 0 Å². The molecule has 5 aromatic carbocycles. The number of rotatable bonds is 3. The predicted molar refractivity (Wildman–Crippen MR) is 160 cm³/mol. The standard InChI is InChI=1S/C36H26N2/c1-23-14-24(2)16-30(15-23)31-17-28-12-13-29-18-32(22-38-36(29)35(28)37-21-31)34-20-27-11-7-6-10-26(27)19-33(34)25-8-4-3-5-9-25/h3-22H,1-2H3. The van der Waals surface area contributed by atoms with Crippen LogP contribution >= 0.6 is 0 Å². The fraction of sp³-hybridized carbons (Fsp3) is 0.0556. The summed E-state index contributed by atoms with van der Waals surface area (Å²) < 4.78 is 0. The van der Waals surface area contributed by atoms with Gasteiger partial charge < -0.3 is 0 Å². The first kappa shape index (κ1) is 22.4. The van der Waals surface area contributed by atoms with Crippen molar-refractivity contribution in [3.63, 3.8) is 0 Å². The molecule has 0 spiro atoms. The van der Waals surface area contributed by atoms with E-state index in [0.29, 0.717) is 0 Å². The summed E-state index contributed by atoms with van der Waals surface area (Å²) in [5.41, 5.74) is 11.4. The molecular formula is C36H26N2. The number of benzene rings is 5. The minimum absolute atomic E-state index is 0.931. The smallest absolute Gasteiger partial charge is 0.0965 e. The Morgan fingerprint density at radius 3 is 1.55 bits per heavy atom. The van der Waals surface area contributed by atoms with Crippen LogP contribution in [0.4, 0.5) is 0 Å². The zero-order valence-corrected chi connectivity index (χ0v) is 21.4. The second-order valence-corrected chi connectivity index (χ2v) is 10.1. The number of aryl methyl sites for hydroxylation is 2. The monoisotopic (exact) mass is 486 g/mol. The molecular weight excluding hydrogens is 460 g/mol. The molecule has 38 heavy (non-hydrogen) atoms. The van der Waals surface area contributed by atoms with Crippen LogP contribution in [-0.2, 0) is 0 Å². The highest BCUT2D eigenvalue weighted by Gasteiger charge is 2.13. The molecule has 0 saturated heterocycles. The summed E-state index contributed by atoms with van der Waals surface area (Å²) in [4.78, 5) is 9.86. The molecule has 7 rings (SSSR count). The molecule has 0 radical (unpaired) electrons. The van der Waals surface area contributed by atoms with Gasteiger partial charge in [0.1, 0.15) is 0 Å². The number of hydrogen-bond acceptors (Lipinski definition) is 2. The molecule has 0 N–H and O–H groups in total. The second-order valence-electron chi connectivity index (χ2n) is 10.1. The van der Waals surface area contributed by atoms with E-state index in [1.807, 2.05) is 12.4 Å². The van der Waals surface area contributed by atoms with Crippen LogP contribution in [0.15, 0.2) is 122 Å². The lowest BCUT2D eigenvalue weighted by Gasteiger charge is -2.14. The molecule has 0 fully saturated rings. The lowest BCUT2D eigenvalue weighted by molar-refractivity contribution is 1.35. The van der Waals surface area contributed by atoms with Crippen LogP contribution in [0.1, 0.15) is 11.1 Å². The van der Waals surface area contributed by atoms with E-state index in [9.17, 15) is 0 Å². The number of aromatic nitrogens is 2. The number of pyridine rings is 2. The Labute approximate surface area is 222 Å². The van der Waals surface area contributed by atoms with Crippen LogP contribution in [0.2, 0.25) is 0 Å². The Morgan fingerprint density at radius 1 is 0.395 bits per heavy atom. The van der Waals surface area contributed by atoms with Crippen molar-refractivity contribution in [2.45, 2.75) is 13.8 Å². The summed E-state index contributed by atoms with van der Waals surface area (Å²) in [6, 6.07) is 39.2. The normalized spacial score (nSPS) is 11.4. The molecule has 0 aliphatic heterocycles. The molecule has 0 aliphatic rings. The first-order chi connectivity index (χ1) is 18.6. The van der Waals surface area contributed by atoms with Gasteiger partial charge in [-0.3, -0.25) is 9.97 Å². The van der Waals surface area contributed by atoms with Crippen LogP contribution in [0.25, 0.3) is 66.0 Å². The van der Waals surface area contributed by atoms with Crippen LogP contribution < -0.4 is 0 Å². The summed E-state index contributed by atoms with van der Waals surface area (Å²) in [5, 5.41) is 4.65. The third-order valence-corrected chi connectivity index (χ3v) is 7.34. The molecule has 0 unspecified atom stereocenters. The Bertz CT molecular complexity index is 1970. The average molecular weight is 487 g/mol. The Kier molecular flexibility index (Phi) is 5.26. The maximum absolute atomic E-state index is 4.97. The average Bonchev–Trinajstić information content (AvgIpc) is 2.95. The van der Waals surface area contributed by atoms with Gasteiger partial charge in [-0.2, -0.15) is 0 Å². The van der Waals surface area contributed by atoms with Gasteiger partial charge >= 0.3 is 0 Å².